The first-order valence-electron chi connectivity index (χ1n) is 6.43. The molecule has 108 valence electrons. The number of rotatable bonds is 4. The maximum absolute atomic E-state index is 12.0. The molecule has 1 aliphatic carbocycles. The molecule has 1 aliphatic rings. The van der Waals surface area contributed by atoms with Crippen LogP contribution in [0.2, 0.25) is 0 Å². The van der Waals surface area contributed by atoms with Crippen LogP contribution in [0.5, 0.6) is 0 Å². The van der Waals surface area contributed by atoms with E-state index >= 15 is 0 Å². The molecule has 0 saturated carbocycles. The first-order chi connectivity index (χ1) is 9.47. The van der Waals surface area contributed by atoms with Crippen LogP contribution < -0.4 is 5.32 Å². The van der Waals surface area contributed by atoms with E-state index in [0.717, 1.165) is 11.3 Å². The summed E-state index contributed by atoms with van der Waals surface area (Å²) in [5.74, 6) is -0.585. The molecule has 1 aromatic rings. The zero-order valence-corrected chi connectivity index (χ0v) is 11.5. The molecule has 0 bridgehead atoms. The van der Waals surface area contributed by atoms with Crippen molar-refractivity contribution < 1.29 is 19.1 Å². The number of hydrogen-bond acceptors (Lipinski definition) is 3. The fourth-order valence-corrected chi connectivity index (χ4v) is 2.16. The quantitative estimate of drug-likeness (QED) is 0.822. The third kappa shape index (κ3) is 3.20. The summed E-state index contributed by atoms with van der Waals surface area (Å²) in [6.45, 7) is 2.30. The van der Waals surface area contributed by atoms with E-state index in [-0.39, 0.29) is 12.1 Å². The second-order valence-corrected chi connectivity index (χ2v) is 4.98. The molecule has 1 aromatic heterocycles. The van der Waals surface area contributed by atoms with E-state index in [1.54, 1.807) is 30.4 Å². The van der Waals surface area contributed by atoms with Crippen molar-refractivity contribution in [2.75, 3.05) is 7.05 Å². The molecule has 0 aliphatic heterocycles. The predicted octanol–water partition coefficient (Wildman–Crippen LogP) is 1.76. The number of furan rings is 1. The molecule has 6 nitrogen and oxygen atoms in total. The molecule has 0 fully saturated rings. The summed E-state index contributed by atoms with van der Waals surface area (Å²) in [7, 11) is 1.69. The van der Waals surface area contributed by atoms with Gasteiger partial charge in [0.15, 0.2) is 0 Å². The van der Waals surface area contributed by atoms with Gasteiger partial charge in [-0.1, -0.05) is 12.2 Å². The zero-order chi connectivity index (χ0) is 14.7. The number of carboxylic acids is 1. The lowest BCUT2D eigenvalue weighted by Crippen LogP contribution is -2.41. The Bertz CT molecular complexity index is 535. The largest absolute Gasteiger partial charge is 0.481 e. The number of nitrogens with one attached hydrogen (secondary N) is 1. The molecule has 20 heavy (non-hydrogen) atoms. The van der Waals surface area contributed by atoms with Crippen molar-refractivity contribution in [2.45, 2.75) is 25.9 Å². The summed E-state index contributed by atoms with van der Waals surface area (Å²) in [6, 6.07) is 1.37. The number of nitrogens with zero attached hydrogens (tertiary/aromatic N) is 1. The van der Waals surface area contributed by atoms with Gasteiger partial charge in [0.25, 0.3) is 0 Å². The standard InChI is InChI=1S/C14H18N2O4/c1-9-11(5-6-20-9)8-16(2)14(19)15-12-4-3-10(7-12)13(17)18/h3-6,10,12H,7-8H2,1-2H3,(H,15,19)(H,17,18). The van der Waals surface area contributed by atoms with Gasteiger partial charge < -0.3 is 19.7 Å². The number of carbonyl (C=O) groups is 2. The highest BCUT2D eigenvalue weighted by molar-refractivity contribution is 5.76. The van der Waals surface area contributed by atoms with E-state index in [2.05, 4.69) is 5.32 Å². The Balaban J connectivity index is 1.85. The van der Waals surface area contributed by atoms with Gasteiger partial charge >= 0.3 is 12.0 Å². The summed E-state index contributed by atoms with van der Waals surface area (Å²) in [6.07, 6.45) is 5.34. The van der Waals surface area contributed by atoms with Crippen molar-refractivity contribution in [3.05, 3.63) is 35.8 Å². The van der Waals surface area contributed by atoms with Crippen LogP contribution in [-0.2, 0) is 11.3 Å². The van der Waals surface area contributed by atoms with Crippen molar-refractivity contribution in [1.82, 2.24) is 10.2 Å². The molecule has 0 spiro atoms. The van der Waals surface area contributed by atoms with E-state index in [0.29, 0.717) is 13.0 Å². The van der Waals surface area contributed by atoms with Gasteiger partial charge in [0.2, 0.25) is 0 Å². The Kier molecular flexibility index (Phi) is 4.12. The molecule has 2 rings (SSSR count). The summed E-state index contributed by atoms with van der Waals surface area (Å²) in [4.78, 5) is 24.4. The highest BCUT2D eigenvalue weighted by Crippen LogP contribution is 2.18. The van der Waals surface area contributed by atoms with Gasteiger partial charge in [-0.3, -0.25) is 4.79 Å². The van der Waals surface area contributed by atoms with Crippen LogP contribution in [-0.4, -0.2) is 35.1 Å². The minimum Gasteiger partial charge on any atom is -0.481 e. The summed E-state index contributed by atoms with van der Waals surface area (Å²) < 4.78 is 5.18. The van der Waals surface area contributed by atoms with E-state index in [9.17, 15) is 9.59 Å². The number of aliphatic carboxylic acids is 1. The number of carboxylic acid groups (broad SMARTS) is 1. The van der Waals surface area contributed by atoms with Crippen LogP contribution in [0.3, 0.4) is 0 Å². The van der Waals surface area contributed by atoms with E-state index in [1.807, 2.05) is 13.0 Å². The van der Waals surface area contributed by atoms with Crippen LogP contribution in [0.25, 0.3) is 0 Å². The molecule has 2 N–H and O–H groups in total. The molecule has 6 heteroatoms. The lowest BCUT2D eigenvalue weighted by Gasteiger charge is -2.20. The smallest absolute Gasteiger partial charge is 0.317 e. The number of hydrogen-bond donors (Lipinski definition) is 2. The van der Waals surface area contributed by atoms with Gasteiger partial charge in [-0.15, -0.1) is 0 Å². The van der Waals surface area contributed by atoms with Crippen molar-refractivity contribution in [1.29, 1.82) is 0 Å². The van der Waals surface area contributed by atoms with E-state index in [1.165, 1.54) is 0 Å². The SMILES string of the molecule is Cc1occc1CN(C)C(=O)NC1C=CC(C(=O)O)C1. The third-order valence-corrected chi connectivity index (χ3v) is 3.43. The van der Waals surface area contributed by atoms with Crippen LogP contribution in [0.1, 0.15) is 17.7 Å². The Hall–Kier alpha value is -2.24. The first-order valence-corrected chi connectivity index (χ1v) is 6.43. The summed E-state index contributed by atoms with van der Waals surface area (Å²) >= 11 is 0. The fraction of sp³-hybridized carbons (Fsp3) is 0.429. The lowest BCUT2D eigenvalue weighted by molar-refractivity contribution is -0.140. The molecule has 2 amide bonds. The fourth-order valence-electron chi connectivity index (χ4n) is 2.16. The van der Waals surface area contributed by atoms with Gasteiger partial charge in [-0.25, -0.2) is 4.79 Å². The Labute approximate surface area is 117 Å². The molecule has 0 radical (unpaired) electrons. The van der Waals surface area contributed by atoms with Gasteiger partial charge in [-0.05, 0) is 19.4 Å². The molecule has 2 unspecified atom stereocenters. The third-order valence-electron chi connectivity index (χ3n) is 3.43. The minimum absolute atomic E-state index is 0.225. The molecule has 0 saturated heterocycles. The predicted molar refractivity (Wildman–Crippen MR) is 72.1 cm³/mol. The van der Waals surface area contributed by atoms with Crippen molar-refractivity contribution in [2.24, 2.45) is 5.92 Å². The summed E-state index contributed by atoms with van der Waals surface area (Å²) in [5, 5.41) is 11.7. The maximum Gasteiger partial charge on any atom is 0.317 e. The average molecular weight is 278 g/mol. The Morgan fingerprint density at radius 1 is 1.50 bits per heavy atom. The number of carbonyl (C=O) groups excluding carboxylic acids is 1. The maximum atomic E-state index is 12.0. The normalized spacial score (nSPS) is 20.9. The highest BCUT2D eigenvalue weighted by Gasteiger charge is 2.26. The molecule has 0 aromatic carbocycles. The topological polar surface area (TPSA) is 82.8 Å². The highest BCUT2D eigenvalue weighted by atomic mass is 16.4. The molecule has 1 heterocycles. The van der Waals surface area contributed by atoms with Crippen LogP contribution in [0.4, 0.5) is 4.79 Å². The Morgan fingerprint density at radius 3 is 2.80 bits per heavy atom. The van der Waals surface area contributed by atoms with Crippen molar-refractivity contribution in [3.8, 4) is 0 Å². The zero-order valence-electron chi connectivity index (χ0n) is 11.5. The number of aryl methyl sites for hydroxylation is 1. The summed E-state index contributed by atoms with van der Waals surface area (Å²) in [5.41, 5.74) is 0.952. The van der Waals surface area contributed by atoms with Crippen LogP contribution >= 0.6 is 0 Å². The van der Waals surface area contributed by atoms with Crippen LogP contribution in [0, 0.1) is 12.8 Å². The van der Waals surface area contributed by atoms with Crippen molar-refractivity contribution >= 4 is 12.0 Å². The Morgan fingerprint density at radius 2 is 2.25 bits per heavy atom. The number of amides is 2. The number of urea groups is 1. The monoisotopic (exact) mass is 278 g/mol. The minimum atomic E-state index is -0.861. The van der Waals surface area contributed by atoms with E-state index < -0.39 is 11.9 Å². The molecule has 2 atom stereocenters. The molecular formula is C14H18N2O4. The van der Waals surface area contributed by atoms with Gasteiger partial charge in [-0.2, -0.15) is 0 Å². The lowest BCUT2D eigenvalue weighted by atomic mass is 10.1. The second kappa shape index (κ2) is 5.81. The van der Waals surface area contributed by atoms with E-state index in [4.69, 9.17) is 9.52 Å². The second-order valence-electron chi connectivity index (χ2n) is 4.98. The van der Waals surface area contributed by atoms with Gasteiger partial charge in [0.05, 0.1) is 24.8 Å². The van der Waals surface area contributed by atoms with Crippen LogP contribution in [0.15, 0.2) is 28.9 Å². The average Bonchev–Trinajstić information content (AvgIpc) is 2.99. The van der Waals surface area contributed by atoms with Gasteiger partial charge in [0, 0.05) is 12.6 Å². The van der Waals surface area contributed by atoms with Crippen molar-refractivity contribution in [3.63, 3.8) is 0 Å². The van der Waals surface area contributed by atoms with Gasteiger partial charge in [0.1, 0.15) is 5.76 Å². The first kappa shape index (κ1) is 14.2. The molecular weight excluding hydrogens is 260 g/mol.